The Labute approximate surface area is 181 Å². The van der Waals surface area contributed by atoms with Crippen molar-refractivity contribution >= 4 is 17.4 Å². The average molecular weight is 425 g/mol. The van der Waals surface area contributed by atoms with Crippen molar-refractivity contribution in [1.29, 1.82) is 0 Å². The van der Waals surface area contributed by atoms with Crippen LogP contribution >= 0.6 is 0 Å². The van der Waals surface area contributed by atoms with Crippen LogP contribution in [0.2, 0.25) is 0 Å². The van der Waals surface area contributed by atoms with Gasteiger partial charge in [0, 0.05) is 12.1 Å². The molecular formula is C24H27NO6. The van der Waals surface area contributed by atoms with Gasteiger partial charge in [-0.3, -0.25) is 9.59 Å². The highest BCUT2D eigenvalue weighted by Crippen LogP contribution is 2.42. The van der Waals surface area contributed by atoms with Crippen LogP contribution in [0, 0.1) is 0 Å². The van der Waals surface area contributed by atoms with Gasteiger partial charge in [-0.05, 0) is 36.2 Å². The second-order valence-electron chi connectivity index (χ2n) is 7.19. The molecule has 7 heteroatoms. The van der Waals surface area contributed by atoms with Crippen molar-refractivity contribution in [1.82, 2.24) is 4.90 Å². The van der Waals surface area contributed by atoms with Crippen LogP contribution < -0.4 is 14.2 Å². The summed E-state index contributed by atoms with van der Waals surface area (Å²) in [6.07, 6.45) is 1.59. The smallest absolute Gasteiger partial charge is 0.295 e. The lowest BCUT2D eigenvalue weighted by molar-refractivity contribution is -0.139. The molecule has 0 aromatic heterocycles. The summed E-state index contributed by atoms with van der Waals surface area (Å²) < 4.78 is 15.9. The zero-order valence-electron chi connectivity index (χ0n) is 18.2. The zero-order valence-corrected chi connectivity index (χ0v) is 18.2. The summed E-state index contributed by atoms with van der Waals surface area (Å²) in [5, 5.41) is 11.1. The number of methoxy groups -OCH3 is 3. The van der Waals surface area contributed by atoms with Gasteiger partial charge >= 0.3 is 0 Å². The average Bonchev–Trinajstić information content (AvgIpc) is 3.06. The van der Waals surface area contributed by atoms with Crippen LogP contribution in [-0.2, 0) is 9.59 Å². The molecule has 0 saturated carbocycles. The number of carbonyl (C=O) groups is 2. The lowest BCUT2D eigenvalue weighted by Gasteiger charge is -2.26. The molecule has 0 aliphatic carbocycles. The molecule has 1 N–H and O–H groups in total. The molecule has 1 aliphatic heterocycles. The highest BCUT2D eigenvalue weighted by Gasteiger charge is 2.46. The molecule has 1 fully saturated rings. The topological polar surface area (TPSA) is 85.3 Å². The molecule has 164 valence electrons. The first-order valence-electron chi connectivity index (χ1n) is 10.1. The fourth-order valence-corrected chi connectivity index (χ4v) is 3.73. The van der Waals surface area contributed by atoms with Crippen molar-refractivity contribution in [3.05, 3.63) is 59.2 Å². The summed E-state index contributed by atoms with van der Waals surface area (Å²) >= 11 is 0. The molecule has 0 spiro atoms. The number of hydrogen-bond acceptors (Lipinski definition) is 6. The van der Waals surface area contributed by atoms with Gasteiger partial charge in [0.2, 0.25) is 0 Å². The fourth-order valence-electron chi connectivity index (χ4n) is 3.73. The zero-order chi connectivity index (χ0) is 22.5. The number of aliphatic hydroxyl groups excluding tert-OH is 1. The number of Topliss-reactive ketones (excluding diaryl/α,β-unsaturated/α-hetero) is 1. The quantitative estimate of drug-likeness (QED) is 0.392. The van der Waals surface area contributed by atoms with Crippen LogP contribution in [0.15, 0.2) is 48.0 Å². The van der Waals surface area contributed by atoms with Gasteiger partial charge in [-0.25, -0.2) is 0 Å². The number of ether oxygens (including phenoxy) is 3. The maximum atomic E-state index is 13.0. The molecule has 0 bridgehead atoms. The van der Waals surface area contributed by atoms with Crippen molar-refractivity contribution in [3.63, 3.8) is 0 Å². The van der Waals surface area contributed by atoms with Crippen molar-refractivity contribution in [2.45, 2.75) is 25.8 Å². The van der Waals surface area contributed by atoms with Gasteiger partial charge in [0.1, 0.15) is 11.5 Å². The first-order chi connectivity index (χ1) is 15.0. The van der Waals surface area contributed by atoms with E-state index in [0.717, 1.165) is 12.8 Å². The largest absolute Gasteiger partial charge is 0.507 e. The third-order valence-electron chi connectivity index (χ3n) is 5.36. The van der Waals surface area contributed by atoms with E-state index in [-0.39, 0.29) is 11.3 Å². The van der Waals surface area contributed by atoms with Crippen LogP contribution in [0.5, 0.6) is 17.2 Å². The number of carbonyl (C=O) groups excluding carboxylic acids is 2. The van der Waals surface area contributed by atoms with Crippen LogP contribution in [0.4, 0.5) is 0 Å². The number of likely N-dealkylation sites (tertiary alicyclic amines) is 1. The number of benzene rings is 2. The fraction of sp³-hybridized carbons (Fsp3) is 0.333. The standard InChI is InChI=1S/C24H27NO6/c1-5-6-12-25-21(15-10-11-18(30-3)19(14-15)31-4)20(23(27)24(25)28)22(26)16-8-7-9-17(13-16)29-2/h7-11,13-14,21,26H,5-6,12H2,1-4H3/b22-20-. The molecule has 1 heterocycles. The van der Waals surface area contributed by atoms with Crippen LogP contribution in [0.1, 0.15) is 36.9 Å². The van der Waals surface area contributed by atoms with E-state index in [2.05, 4.69) is 0 Å². The van der Waals surface area contributed by atoms with Crippen molar-refractivity contribution in [2.75, 3.05) is 27.9 Å². The lowest BCUT2D eigenvalue weighted by Crippen LogP contribution is -2.30. The first kappa shape index (κ1) is 22.2. The number of unbranched alkanes of at least 4 members (excludes halogenated alkanes) is 1. The lowest BCUT2D eigenvalue weighted by atomic mass is 9.95. The molecule has 0 radical (unpaired) electrons. The Morgan fingerprint density at radius 1 is 1.00 bits per heavy atom. The summed E-state index contributed by atoms with van der Waals surface area (Å²) in [6, 6.07) is 11.2. The molecular weight excluding hydrogens is 398 g/mol. The predicted octanol–water partition coefficient (Wildman–Crippen LogP) is 3.93. The van der Waals surface area contributed by atoms with Crippen molar-refractivity contribution < 1.29 is 28.9 Å². The number of ketones is 1. The van der Waals surface area contributed by atoms with Crippen molar-refractivity contribution in [2.24, 2.45) is 0 Å². The Balaban J connectivity index is 2.19. The Bertz CT molecular complexity index is 1010. The summed E-state index contributed by atoms with van der Waals surface area (Å²) in [7, 11) is 4.58. The third-order valence-corrected chi connectivity index (χ3v) is 5.36. The minimum absolute atomic E-state index is 0.0431. The van der Waals surface area contributed by atoms with Crippen molar-refractivity contribution in [3.8, 4) is 17.2 Å². The van der Waals surface area contributed by atoms with Gasteiger partial charge < -0.3 is 24.2 Å². The van der Waals surface area contributed by atoms with Crippen LogP contribution in [0.25, 0.3) is 5.76 Å². The molecule has 3 rings (SSSR count). The monoisotopic (exact) mass is 425 g/mol. The Morgan fingerprint density at radius 2 is 1.74 bits per heavy atom. The first-order valence-corrected chi connectivity index (χ1v) is 10.1. The molecule has 1 atom stereocenters. The van der Waals surface area contributed by atoms with E-state index in [9.17, 15) is 14.7 Å². The van der Waals surface area contributed by atoms with Gasteiger partial charge in [0.05, 0.1) is 32.9 Å². The SMILES string of the molecule is CCCCN1C(=O)C(=O)/C(=C(\O)c2cccc(OC)c2)C1c1ccc(OC)c(OC)c1. The summed E-state index contributed by atoms with van der Waals surface area (Å²) in [5.41, 5.74) is 1.09. The van der Waals surface area contributed by atoms with E-state index in [0.29, 0.717) is 34.9 Å². The number of nitrogens with zero attached hydrogens (tertiary/aromatic N) is 1. The molecule has 31 heavy (non-hydrogen) atoms. The predicted molar refractivity (Wildman–Crippen MR) is 116 cm³/mol. The molecule has 1 aliphatic rings. The minimum atomic E-state index is -0.738. The van der Waals surface area contributed by atoms with E-state index in [1.165, 1.54) is 26.2 Å². The molecule has 1 amide bonds. The highest BCUT2D eigenvalue weighted by molar-refractivity contribution is 6.46. The molecule has 2 aromatic rings. The summed E-state index contributed by atoms with van der Waals surface area (Å²) in [4.78, 5) is 27.4. The van der Waals surface area contributed by atoms with Gasteiger partial charge in [0.25, 0.3) is 11.7 Å². The maximum Gasteiger partial charge on any atom is 0.295 e. The van der Waals surface area contributed by atoms with E-state index in [1.807, 2.05) is 6.92 Å². The van der Waals surface area contributed by atoms with E-state index in [1.54, 1.807) is 42.5 Å². The Hall–Kier alpha value is -3.48. The molecule has 1 saturated heterocycles. The van der Waals surface area contributed by atoms with Gasteiger partial charge in [0.15, 0.2) is 11.5 Å². The minimum Gasteiger partial charge on any atom is -0.507 e. The summed E-state index contributed by atoms with van der Waals surface area (Å²) in [5.74, 6) is -0.0381. The molecule has 7 nitrogen and oxygen atoms in total. The van der Waals surface area contributed by atoms with E-state index in [4.69, 9.17) is 14.2 Å². The second kappa shape index (κ2) is 9.55. The molecule has 2 aromatic carbocycles. The normalized spacial score (nSPS) is 17.7. The Kier molecular flexibility index (Phi) is 6.84. The number of amides is 1. The third kappa shape index (κ3) is 4.21. The number of aliphatic hydroxyl groups is 1. The highest BCUT2D eigenvalue weighted by atomic mass is 16.5. The second-order valence-corrected chi connectivity index (χ2v) is 7.19. The van der Waals surface area contributed by atoms with Crippen LogP contribution in [-0.4, -0.2) is 49.6 Å². The Morgan fingerprint density at radius 3 is 2.39 bits per heavy atom. The van der Waals surface area contributed by atoms with E-state index < -0.39 is 17.7 Å². The van der Waals surface area contributed by atoms with E-state index >= 15 is 0 Å². The van der Waals surface area contributed by atoms with Gasteiger partial charge in [-0.1, -0.05) is 31.5 Å². The number of rotatable bonds is 8. The van der Waals surface area contributed by atoms with Gasteiger partial charge in [-0.15, -0.1) is 0 Å². The number of hydrogen-bond donors (Lipinski definition) is 1. The van der Waals surface area contributed by atoms with Crippen LogP contribution in [0.3, 0.4) is 0 Å². The molecule has 1 unspecified atom stereocenters. The maximum absolute atomic E-state index is 13.0. The van der Waals surface area contributed by atoms with Gasteiger partial charge in [-0.2, -0.15) is 0 Å². The summed E-state index contributed by atoms with van der Waals surface area (Å²) in [6.45, 7) is 2.41.